The number of halogens is 1. The monoisotopic (exact) mass is 437 g/mol. The Labute approximate surface area is 171 Å². The first-order valence-corrected chi connectivity index (χ1v) is 11.5. The summed E-state index contributed by atoms with van der Waals surface area (Å²) in [4.78, 5) is 4.87. The number of hydrogen-bond donors (Lipinski definition) is 0. The molecule has 3 rings (SSSR count). The number of pyridine rings is 1. The molecule has 148 valence electrons. The van der Waals surface area contributed by atoms with Crippen LogP contribution >= 0.6 is 11.6 Å². The summed E-state index contributed by atoms with van der Waals surface area (Å²) in [5, 5.41) is 0.903. The zero-order valence-electron chi connectivity index (χ0n) is 15.3. The highest BCUT2D eigenvalue weighted by Crippen LogP contribution is 2.30. The zero-order valence-corrected chi connectivity index (χ0v) is 17.6. The van der Waals surface area contributed by atoms with E-state index in [0.29, 0.717) is 40.3 Å². The maximum atomic E-state index is 12.6. The van der Waals surface area contributed by atoms with E-state index in [1.807, 2.05) is 0 Å². The van der Waals surface area contributed by atoms with Crippen molar-refractivity contribution in [2.24, 2.45) is 0 Å². The van der Waals surface area contributed by atoms with Crippen molar-refractivity contribution in [1.29, 1.82) is 0 Å². The highest BCUT2D eigenvalue weighted by Gasteiger charge is 2.21. The lowest BCUT2D eigenvalue weighted by molar-refractivity contribution is 0.445. The average molecular weight is 438 g/mol. The van der Waals surface area contributed by atoms with Crippen molar-refractivity contribution in [3.8, 4) is 11.3 Å². The first kappa shape index (κ1) is 20.9. The van der Waals surface area contributed by atoms with Gasteiger partial charge in [-0.15, -0.1) is 0 Å². The number of fused-ring (bicyclic) bond motifs is 1. The Morgan fingerprint density at radius 3 is 2.29 bits per heavy atom. The molecule has 0 spiro atoms. The third-order valence-corrected chi connectivity index (χ3v) is 7.43. The predicted molar refractivity (Wildman–Crippen MR) is 109 cm³/mol. The van der Waals surface area contributed by atoms with Crippen LogP contribution in [0, 0.1) is 0 Å². The first-order chi connectivity index (χ1) is 13.3. The highest BCUT2D eigenvalue weighted by molar-refractivity contribution is 7.89. The fraction of sp³-hybridized carbons (Fsp3) is 0.211. The molecule has 0 saturated carbocycles. The second kappa shape index (κ2) is 8.26. The minimum Gasteiger partial charge on any atom is -0.768 e. The van der Waals surface area contributed by atoms with Gasteiger partial charge in [-0.05, 0) is 47.5 Å². The Bertz CT molecular complexity index is 1140. The zero-order chi connectivity index (χ0) is 20.5. The number of hydrogen-bond acceptors (Lipinski definition) is 5. The molecule has 0 aliphatic heterocycles. The van der Waals surface area contributed by atoms with E-state index in [0.717, 1.165) is 0 Å². The molecule has 0 N–H and O–H groups in total. The molecule has 3 aromatic rings. The van der Waals surface area contributed by atoms with Gasteiger partial charge in [-0.25, -0.2) is 13.4 Å². The van der Waals surface area contributed by atoms with E-state index in [9.17, 15) is 17.2 Å². The first-order valence-electron chi connectivity index (χ1n) is 8.58. The molecule has 0 fully saturated rings. The van der Waals surface area contributed by atoms with Gasteiger partial charge in [-0.2, -0.15) is 4.31 Å². The van der Waals surface area contributed by atoms with Gasteiger partial charge in [0.25, 0.3) is 0 Å². The Kier molecular flexibility index (Phi) is 6.16. The van der Waals surface area contributed by atoms with Crippen molar-refractivity contribution in [2.75, 3.05) is 13.1 Å². The molecule has 9 heteroatoms. The maximum absolute atomic E-state index is 12.6. The van der Waals surface area contributed by atoms with E-state index in [1.165, 1.54) is 16.4 Å². The van der Waals surface area contributed by atoms with Crippen LogP contribution < -0.4 is 0 Å². The van der Waals surface area contributed by atoms with E-state index in [-0.39, 0.29) is 9.79 Å². The second-order valence-corrected chi connectivity index (χ2v) is 9.30. The van der Waals surface area contributed by atoms with Crippen LogP contribution in [-0.4, -0.2) is 39.6 Å². The van der Waals surface area contributed by atoms with E-state index in [4.69, 9.17) is 11.6 Å². The minimum atomic E-state index is -3.53. The molecule has 1 atom stereocenters. The Hall–Kier alpha value is -1.84. The van der Waals surface area contributed by atoms with Crippen molar-refractivity contribution < 1.29 is 17.2 Å². The molecule has 0 saturated heterocycles. The van der Waals surface area contributed by atoms with Gasteiger partial charge in [-0.3, -0.25) is 4.21 Å². The van der Waals surface area contributed by atoms with Crippen LogP contribution in [0.2, 0.25) is 5.02 Å². The SMILES string of the molecule is CCN(CC)S(=O)(=O)c1ccc(-c2cc(Cl)c3cc(S(=O)[O-])ccc3n2)cc1. The molecule has 2 aromatic carbocycles. The molecule has 1 aromatic heterocycles. The standard InChI is InChI=1S/C19H19ClN2O4S2/c1-3-22(4-2)28(25,26)15-8-5-13(6-9-15)19-12-17(20)16-11-14(27(23)24)7-10-18(16)21-19/h5-12H,3-4H2,1-2H3,(H,23,24)/p-1. The second-order valence-electron chi connectivity index (χ2n) is 6.02. The number of sulfonamides is 1. The smallest absolute Gasteiger partial charge is 0.243 e. The number of rotatable bonds is 6. The Morgan fingerprint density at radius 2 is 1.71 bits per heavy atom. The lowest BCUT2D eigenvalue weighted by Gasteiger charge is -2.18. The summed E-state index contributed by atoms with van der Waals surface area (Å²) in [7, 11) is -3.53. The van der Waals surface area contributed by atoms with E-state index in [2.05, 4.69) is 4.98 Å². The molecule has 0 amide bonds. The fourth-order valence-electron chi connectivity index (χ4n) is 2.93. The molecule has 1 heterocycles. The average Bonchev–Trinajstić information content (AvgIpc) is 2.68. The van der Waals surface area contributed by atoms with E-state index in [1.54, 1.807) is 50.2 Å². The summed E-state index contributed by atoms with van der Waals surface area (Å²) in [6.45, 7) is 4.39. The van der Waals surface area contributed by atoms with Crippen molar-refractivity contribution in [3.05, 3.63) is 53.6 Å². The molecule has 1 unspecified atom stereocenters. The van der Waals surface area contributed by atoms with Crippen molar-refractivity contribution >= 4 is 43.6 Å². The topological polar surface area (TPSA) is 90.4 Å². The molecule has 0 bridgehead atoms. The lowest BCUT2D eigenvalue weighted by Crippen LogP contribution is -2.30. The lowest BCUT2D eigenvalue weighted by atomic mass is 10.1. The summed E-state index contributed by atoms with van der Waals surface area (Å²) >= 11 is 3.98. The van der Waals surface area contributed by atoms with Gasteiger partial charge in [0.15, 0.2) is 0 Å². The summed E-state index contributed by atoms with van der Waals surface area (Å²) in [5.74, 6) is 0. The summed E-state index contributed by atoms with van der Waals surface area (Å²) in [5.41, 5.74) is 1.83. The van der Waals surface area contributed by atoms with E-state index < -0.39 is 21.1 Å². The Morgan fingerprint density at radius 1 is 1.07 bits per heavy atom. The molecule has 6 nitrogen and oxygen atoms in total. The summed E-state index contributed by atoms with van der Waals surface area (Å²) < 4.78 is 48.9. The molecular formula is C19H18ClN2O4S2-. The molecule has 28 heavy (non-hydrogen) atoms. The van der Waals surface area contributed by atoms with Crippen LogP contribution in [0.3, 0.4) is 0 Å². The van der Waals surface area contributed by atoms with Crippen molar-refractivity contribution in [2.45, 2.75) is 23.6 Å². The maximum Gasteiger partial charge on any atom is 0.243 e. The van der Waals surface area contributed by atoms with Crippen LogP contribution in [0.1, 0.15) is 13.8 Å². The number of nitrogens with zero attached hydrogens (tertiary/aromatic N) is 2. The number of benzene rings is 2. The minimum absolute atomic E-state index is 0.134. The Balaban J connectivity index is 2.01. The van der Waals surface area contributed by atoms with Crippen molar-refractivity contribution in [3.63, 3.8) is 0 Å². The van der Waals surface area contributed by atoms with Crippen LogP contribution in [0.25, 0.3) is 22.2 Å². The van der Waals surface area contributed by atoms with Crippen LogP contribution in [0.15, 0.2) is 58.3 Å². The van der Waals surface area contributed by atoms with Gasteiger partial charge in [0.05, 0.1) is 21.1 Å². The third-order valence-electron chi connectivity index (χ3n) is 4.42. The van der Waals surface area contributed by atoms with Gasteiger partial charge in [0, 0.05) is 28.9 Å². The van der Waals surface area contributed by atoms with Crippen molar-refractivity contribution in [1.82, 2.24) is 9.29 Å². The van der Waals surface area contributed by atoms with Gasteiger partial charge < -0.3 is 4.55 Å². The molecule has 0 aliphatic rings. The predicted octanol–water partition coefficient (Wildman–Crippen LogP) is 3.82. The van der Waals surface area contributed by atoms with E-state index >= 15 is 0 Å². The van der Waals surface area contributed by atoms with Gasteiger partial charge in [0.2, 0.25) is 10.0 Å². The third kappa shape index (κ3) is 3.97. The molecule has 0 aliphatic carbocycles. The van der Waals surface area contributed by atoms with Crippen LogP contribution in [0.5, 0.6) is 0 Å². The number of aromatic nitrogens is 1. The highest BCUT2D eigenvalue weighted by atomic mass is 35.5. The van der Waals surface area contributed by atoms with Gasteiger partial charge in [0.1, 0.15) is 0 Å². The van der Waals surface area contributed by atoms with Gasteiger partial charge >= 0.3 is 0 Å². The summed E-state index contributed by atoms with van der Waals surface area (Å²) in [6, 6.07) is 12.6. The molecule has 0 radical (unpaired) electrons. The largest absolute Gasteiger partial charge is 0.768 e. The molecular weight excluding hydrogens is 420 g/mol. The van der Waals surface area contributed by atoms with Gasteiger partial charge in [-0.1, -0.05) is 37.6 Å². The summed E-state index contributed by atoms with van der Waals surface area (Å²) in [6.07, 6.45) is 0. The van der Waals surface area contributed by atoms with Crippen LogP contribution in [-0.2, 0) is 21.1 Å². The fourth-order valence-corrected chi connectivity index (χ4v) is 5.03. The quantitative estimate of drug-likeness (QED) is 0.546. The van der Waals surface area contributed by atoms with Crippen LogP contribution in [0.4, 0.5) is 0 Å². The normalized spacial score (nSPS) is 13.2.